The molecule has 1 aromatic carbocycles. The van der Waals surface area contributed by atoms with Crippen LogP contribution in [0.25, 0.3) is 0 Å². The van der Waals surface area contributed by atoms with Crippen LogP contribution >= 0.6 is 0 Å². The van der Waals surface area contributed by atoms with Crippen molar-refractivity contribution in [3.63, 3.8) is 0 Å². The van der Waals surface area contributed by atoms with Gasteiger partial charge in [0.2, 0.25) is 10.0 Å². The minimum atomic E-state index is -3.51. The minimum Gasteiger partial charge on any atom is -0.326 e. The number of nitrogens with zero attached hydrogens (tertiary/aromatic N) is 1. The van der Waals surface area contributed by atoms with Crippen molar-refractivity contribution in [1.82, 2.24) is 9.71 Å². The molecular formula is C13H15N3O2S. The summed E-state index contributed by atoms with van der Waals surface area (Å²) < 4.78 is 26.6. The van der Waals surface area contributed by atoms with Gasteiger partial charge in [0, 0.05) is 12.7 Å². The first-order chi connectivity index (χ1) is 9.12. The van der Waals surface area contributed by atoms with Crippen LogP contribution in [0, 0.1) is 0 Å². The second-order valence-corrected chi connectivity index (χ2v) is 5.76. The monoisotopic (exact) mass is 277 g/mol. The molecule has 0 fully saturated rings. The van der Waals surface area contributed by atoms with E-state index in [9.17, 15) is 8.42 Å². The fourth-order valence-corrected chi connectivity index (χ4v) is 2.56. The average Bonchev–Trinajstić information content (AvgIpc) is 2.46. The first-order valence-corrected chi connectivity index (χ1v) is 7.29. The van der Waals surface area contributed by atoms with E-state index < -0.39 is 10.0 Å². The van der Waals surface area contributed by atoms with E-state index in [4.69, 9.17) is 5.73 Å². The Morgan fingerprint density at radius 2 is 1.84 bits per heavy atom. The third-order valence-electron chi connectivity index (χ3n) is 2.64. The molecule has 0 radical (unpaired) electrons. The fraction of sp³-hybridized carbons (Fsp3) is 0.154. The van der Waals surface area contributed by atoms with Gasteiger partial charge in [-0.1, -0.05) is 18.2 Å². The Hall–Kier alpha value is -1.76. The zero-order valence-electron chi connectivity index (χ0n) is 10.3. The predicted molar refractivity (Wildman–Crippen MR) is 72.6 cm³/mol. The lowest BCUT2D eigenvalue weighted by Gasteiger charge is -2.07. The highest BCUT2D eigenvalue weighted by Crippen LogP contribution is 2.10. The van der Waals surface area contributed by atoms with Crippen molar-refractivity contribution in [2.24, 2.45) is 5.73 Å². The van der Waals surface area contributed by atoms with Gasteiger partial charge in [-0.15, -0.1) is 0 Å². The molecule has 5 nitrogen and oxygen atoms in total. The highest BCUT2D eigenvalue weighted by atomic mass is 32.2. The Labute approximate surface area is 112 Å². The number of hydrogen-bond donors (Lipinski definition) is 2. The molecule has 0 aliphatic rings. The topological polar surface area (TPSA) is 85.1 Å². The third-order valence-corrected chi connectivity index (χ3v) is 4.06. The number of aromatic nitrogens is 1. The van der Waals surface area contributed by atoms with E-state index in [1.807, 2.05) is 6.07 Å². The maximum atomic E-state index is 12.0. The predicted octanol–water partition coefficient (Wildman–Crippen LogP) is 1.02. The number of pyridine rings is 1. The number of sulfonamides is 1. The zero-order chi connectivity index (χ0) is 13.7. The fourth-order valence-electron chi connectivity index (χ4n) is 1.56. The lowest BCUT2D eigenvalue weighted by molar-refractivity contribution is 0.580. The van der Waals surface area contributed by atoms with Crippen LogP contribution < -0.4 is 10.5 Å². The molecule has 0 amide bonds. The number of nitrogens with two attached hydrogens (primary N) is 1. The molecule has 3 N–H and O–H groups in total. The van der Waals surface area contributed by atoms with Crippen molar-refractivity contribution in [3.05, 3.63) is 59.9 Å². The quantitative estimate of drug-likeness (QED) is 0.854. The van der Waals surface area contributed by atoms with E-state index >= 15 is 0 Å². The Morgan fingerprint density at radius 1 is 1.11 bits per heavy atom. The Kier molecular flexibility index (Phi) is 4.26. The summed E-state index contributed by atoms with van der Waals surface area (Å²) in [6.45, 7) is 0.559. The maximum absolute atomic E-state index is 12.0. The Bertz CT molecular complexity index is 625. The van der Waals surface area contributed by atoms with Gasteiger partial charge in [0.05, 0.1) is 17.1 Å². The second kappa shape index (κ2) is 5.92. The Balaban J connectivity index is 2.09. The van der Waals surface area contributed by atoms with Gasteiger partial charge in [-0.2, -0.15) is 0 Å². The van der Waals surface area contributed by atoms with E-state index in [0.29, 0.717) is 12.2 Å². The molecule has 1 heterocycles. The van der Waals surface area contributed by atoms with Crippen molar-refractivity contribution in [2.45, 2.75) is 18.0 Å². The van der Waals surface area contributed by atoms with Crippen LogP contribution in [0.15, 0.2) is 53.6 Å². The summed E-state index contributed by atoms with van der Waals surface area (Å²) in [6.07, 6.45) is 1.62. The molecule has 0 atom stereocenters. The zero-order valence-corrected chi connectivity index (χ0v) is 11.1. The summed E-state index contributed by atoms with van der Waals surface area (Å²) in [5, 5.41) is 0. The van der Waals surface area contributed by atoms with E-state index in [0.717, 1.165) is 5.56 Å². The lowest BCUT2D eigenvalue weighted by Crippen LogP contribution is -2.23. The maximum Gasteiger partial charge on any atom is 0.240 e. The molecule has 6 heteroatoms. The van der Waals surface area contributed by atoms with Gasteiger partial charge in [0.15, 0.2) is 0 Å². The van der Waals surface area contributed by atoms with Gasteiger partial charge in [-0.25, -0.2) is 13.1 Å². The molecular weight excluding hydrogens is 262 g/mol. The van der Waals surface area contributed by atoms with Crippen molar-refractivity contribution in [1.29, 1.82) is 0 Å². The molecule has 0 aliphatic carbocycles. The van der Waals surface area contributed by atoms with Gasteiger partial charge in [0.1, 0.15) is 0 Å². The first kappa shape index (κ1) is 13.7. The van der Waals surface area contributed by atoms with E-state index in [2.05, 4.69) is 9.71 Å². The Morgan fingerprint density at radius 3 is 2.42 bits per heavy atom. The SMILES string of the molecule is NCc1ccc(S(=O)(=O)NCc2ccccn2)cc1. The standard InChI is InChI=1S/C13H15N3O2S/c14-9-11-4-6-13(7-5-11)19(17,18)16-10-12-3-1-2-8-15-12/h1-8,16H,9-10,14H2. The molecule has 0 saturated carbocycles. The number of hydrogen-bond acceptors (Lipinski definition) is 4. The van der Waals surface area contributed by atoms with Gasteiger partial charge >= 0.3 is 0 Å². The average molecular weight is 277 g/mol. The van der Waals surface area contributed by atoms with Gasteiger partial charge in [-0.05, 0) is 29.8 Å². The van der Waals surface area contributed by atoms with Crippen LogP contribution in [0.4, 0.5) is 0 Å². The molecule has 2 aromatic rings. The minimum absolute atomic E-state index is 0.168. The van der Waals surface area contributed by atoms with Gasteiger partial charge in [0.25, 0.3) is 0 Å². The molecule has 0 saturated heterocycles. The van der Waals surface area contributed by atoms with Crippen LogP contribution in [0.2, 0.25) is 0 Å². The molecule has 2 rings (SSSR count). The summed E-state index contributed by atoms with van der Waals surface area (Å²) in [4.78, 5) is 4.28. The van der Waals surface area contributed by atoms with Gasteiger partial charge in [-0.3, -0.25) is 4.98 Å². The van der Waals surface area contributed by atoms with Crippen LogP contribution in [-0.4, -0.2) is 13.4 Å². The number of nitrogens with one attached hydrogen (secondary N) is 1. The third kappa shape index (κ3) is 3.60. The molecule has 1 aromatic heterocycles. The van der Waals surface area contributed by atoms with E-state index in [1.165, 1.54) is 0 Å². The lowest BCUT2D eigenvalue weighted by atomic mass is 10.2. The summed E-state index contributed by atoms with van der Waals surface area (Å²) in [5.41, 5.74) is 7.03. The molecule has 100 valence electrons. The van der Waals surface area contributed by atoms with Crippen LogP contribution in [0.5, 0.6) is 0 Å². The normalized spacial score (nSPS) is 11.4. The van der Waals surface area contributed by atoms with E-state index in [-0.39, 0.29) is 11.4 Å². The smallest absolute Gasteiger partial charge is 0.240 e. The van der Waals surface area contributed by atoms with Crippen molar-refractivity contribution in [3.8, 4) is 0 Å². The summed E-state index contributed by atoms with van der Waals surface area (Å²) >= 11 is 0. The first-order valence-electron chi connectivity index (χ1n) is 5.80. The largest absolute Gasteiger partial charge is 0.326 e. The number of benzene rings is 1. The summed E-state index contributed by atoms with van der Waals surface area (Å²) in [6, 6.07) is 11.9. The molecule has 19 heavy (non-hydrogen) atoms. The summed E-state index contributed by atoms with van der Waals surface area (Å²) in [7, 11) is -3.51. The van der Waals surface area contributed by atoms with Gasteiger partial charge < -0.3 is 5.73 Å². The summed E-state index contributed by atoms with van der Waals surface area (Å²) in [5.74, 6) is 0. The van der Waals surface area contributed by atoms with Crippen LogP contribution in [0.3, 0.4) is 0 Å². The molecule has 0 aliphatic heterocycles. The molecule has 0 unspecified atom stereocenters. The highest BCUT2D eigenvalue weighted by molar-refractivity contribution is 7.89. The van der Waals surface area contributed by atoms with Crippen LogP contribution in [-0.2, 0) is 23.1 Å². The van der Waals surface area contributed by atoms with Crippen molar-refractivity contribution >= 4 is 10.0 Å². The molecule has 0 spiro atoms. The van der Waals surface area contributed by atoms with Crippen molar-refractivity contribution < 1.29 is 8.42 Å². The molecule has 0 bridgehead atoms. The van der Waals surface area contributed by atoms with Crippen LogP contribution in [0.1, 0.15) is 11.3 Å². The highest BCUT2D eigenvalue weighted by Gasteiger charge is 2.13. The number of rotatable bonds is 5. The van der Waals surface area contributed by atoms with E-state index in [1.54, 1.807) is 42.6 Å². The van der Waals surface area contributed by atoms with Crippen molar-refractivity contribution in [2.75, 3.05) is 0 Å². The second-order valence-electron chi connectivity index (χ2n) is 3.99.